The first-order valence-electron chi connectivity index (χ1n) is 6.09. The summed E-state index contributed by atoms with van der Waals surface area (Å²) in [5.74, 6) is -0.968. The molecule has 3 rings (SSSR count). The van der Waals surface area contributed by atoms with Crippen LogP contribution in [-0.2, 0) is 4.79 Å². The van der Waals surface area contributed by atoms with Crippen LogP contribution in [0.2, 0.25) is 0 Å². The van der Waals surface area contributed by atoms with Gasteiger partial charge in [-0.25, -0.2) is 9.78 Å². The highest BCUT2D eigenvalue weighted by Crippen LogP contribution is 2.29. The van der Waals surface area contributed by atoms with Crippen molar-refractivity contribution in [2.45, 2.75) is 6.92 Å². The van der Waals surface area contributed by atoms with E-state index in [2.05, 4.69) is 4.98 Å². The Hall–Kier alpha value is -2.40. The maximum Gasteiger partial charge on any atom is 0.328 e. The van der Waals surface area contributed by atoms with Crippen LogP contribution in [0.15, 0.2) is 41.9 Å². The molecule has 20 heavy (non-hydrogen) atoms. The van der Waals surface area contributed by atoms with Gasteiger partial charge in [0.1, 0.15) is 11.3 Å². The van der Waals surface area contributed by atoms with Crippen LogP contribution in [0.25, 0.3) is 22.3 Å². The van der Waals surface area contributed by atoms with Crippen molar-refractivity contribution in [3.8, 4) is 10.6 Å². The monoisotopic (exact) mass is 284 g/mol. The van der Waals surface area contributed by atoms with Crippen LogP contribution >= 0.6 is 11.3 Å². The first kappa shape index (κ1) is 12.6. The number of aryl methyl sites for hydroxylation is 1. The van der Waals surface area contributed by atoms with E-state index in [0.717, 1.165) is 33.6 Å². The van der Waals surface area contributed by atoms with E-state index in [1.54, 1.807) is 17.4 Å². The second kappa shape index (κ2) is 4.94. The molecule has 0 saturated carbocycles. The van der Waals surface area contributed by atoms with Gasteiger partial charge in [0.05, 0.1) is 10.6 Å². The SMILES string of the molecule is Cc1ccc2nc(-c3cccs3)c(/C=C/C(=O)O)n2c1. The number of fused-ring (bicyclic) bond motifs is 1. The molecule has 0 aliphatic rings. The number of rotatable bonds is 3. The number of pyridine rings is 1. The molecule has 0 aliphatic heterocycles. The van der Waals surface area contributed by atoms with E-state index >= 15 is 0 Å². The van der Waals surface area contributed by atoms with Gasteiger partial charge in [-0.1, -0.05) is 12.1 Å². The Balaban J connectivity index is 2.28. The molecule has 3 aromatic rings. The normalized spacial score (nSPS) is 11.4. The van der Waals surface area contributed by atoms with E-state index < -0.39 is 5.97 Å². The molecular weight excluding hydrogens is 272 g/mol. The summed E-state index contributed by atoms with van der Waals surface area (Å²) in [4.78, 5) is 16.4. The lowest BCUT2D eigenvalue weighted by atomic mass is 10.2. The Labute approximate surface area is 119 Å². The van der Waals surface area contributed by atoms with E-state index in [-0.39, 0.29) is 0 Å². The van der Waals surface area contributed by atoms with Gasteiger partial charge < -0.3 is 5.11 Å². The molecule has 0 spiro atoms. The lowest BCUT2D eigenvalue weighted by molar-refractivity contribution is -0.131. The molecule has 3 heterocycles. The Bertz CT molecular complexity index is 801. The quantitative estimate of drug-likeness (QED) is 0.749. The van der Waals surface area contributed by atoms with Gasteiger partial charge in [-0.2, -0.15) is 0 Å². The van der Waals surface area contributed by atoms with E-state index in [0.29, 0.717) is 0 Å². The lowest BCUT2D eigenvalue weighted by Gasteiger charge is -1.99. The van der Waals surface area contributed by atoms with Gasteiger partial charge in [-0.15, -0.1) is 11.3 Å². The Kier molecular flexibility index (Phi) is 3.12. The smallest absolute Gasteiger partial charge is 0.328 e. The van der Waals surface area contributed by atoms with Crippen LogP contribution in [0.5, 0.6) is 0 Å². The number of thiophene rings is 1. The van der Waals surface area contributed by atoms with Crippen molar-refractivity contribution < 1.29 is 9.90 Å². The van der Waals surface area contributed by atoms with Crippen molar-refractivity contribution in [1.29, 1.82) is 0 Å². The van der Waals surface area contributed by atoms with Crippen LogP contribution in [0.1, 0.15) is 11.3 Å². The molecular formula is C15H12N2O2S. The molecule has 0 amide bonds. The van der Waals surface area contributed by atoms with E-state index in [1.807, 2.05) is 47.2 Å². The van der Waals surface area contributed by atoms with Crippen LogP contribution in [0, 0.1) is 6.92 Å². The minimum absolute atomic E-state index is 0.786. The highest BCUT2D eigenvalue weighted by molar-refractivity contribution is 7.13. The molecule has 3 aromatic heterocycles. The Morgan fingerprint density at radius 1 is 1.40 bits per heavy atom. The van der Waals surface area contributed by atoms with Crippen molar-refractivity contribution in [3.63, 3.8) is 0 Å². The summed E-state index contributed by atoms with van der Waals surface area (Å²) in [6.45, 7) is 1.99. The average Bonchev–Trinajstić information content (AvgIpc) is 3.02. The molecule has 0 bridgehead atoms. The number of imidazole rings is 1. The number of carbonyl (C=O) groups is 1. The number of aromatic nitrogens is 2. The third-order valence-corrected chi connectivity index (χ3v) is 3.82. The maximum atomic E-state index is 10.8. The van der Waals surface area contributed by atoms with E-state index in [4.69, 9.17) is 5.11 Å². The third-order valence-electron chi connectivity index (χ3n) is 2.94. The Morgan fingerprint density at radius 2 is 2.25 bits per heavy atom. The van der Waals surface area contributed by atoms with E-state index in [9.17, 15) is 4.79 Å². The number of carboxylic acids is 1. The van der Waals surface area contributed by atoms with Gasteiger partial charge in [0, 0.05) is 12.3 Å². The second-order valence-corrected chi connectivity index (χ2v) is 5.38. The minimum Gasteiger partial charge on any atom is -0.478 e. The fourth-order valence-corrected chi connectivity index (χ4v) is 2.80. The number of hydrogen-bond donors (Lipinski definition) is 1. The zero-order chi connectivity index (χ0) is 14.1. The number of hydrogen-bond acceptors (Lipinski definition) is 3. The molecule has 0 radical (unpaired) electrons. The zero-order valence-corrected chi connectivity index (χ0v) is 11.6. The van der Waals surface area contributed by atoms with Gasteiger partial charge in [-0.05, 0) is 36.1 Å². The fraction of sp³-hybridized carbons (Fsp3) is 0.0667. The van der Waals surface area contributed by atoms with Gasteiger partial charge in [0.2, 0.25) is 0 Å². The van der Waals surface area contributed by atoms with Gasteiger partial charge in [0.25, 0.3) is 0 Å². The van der Waals surface area contributed by atoms with Crippen LogP contribution < -0.4 is 0 Å². The molecule has 0 fully saturated rings. The third kappa shape index (κ3) is 2.23. The van der Waals surface area contributed by atoms with Gasteiger partial charge in [0.15, 0.2) is 0 Å². The number of nitrogens with zero attached hydrogens (tertiary/aromatic N) is 2. The fourth-order valence-electron chi connectivity index (χ4n) is 2.07. The minimum atomic E-state index is -0.968. The zero-order valence-electron chi connectivity index (χ0n) is 10.8. The first-order chi connectivity index (χ1) is 9.65. The lowest BCUT2D eigenvalue weighted by Crippen LogP contribution is -1.91. The molecule has 0 aromatic carbocycles. The molecule has 0 atom stereocenters. The van der Waals surface area contributed by atoms with Gasteiger partial charge >= 0.3 is 5.97 Å². The van der Waals surface area contributed by atoms with Gasteiger partial charge in [-0.3, -0.25) is 4.40 Å². The average molecular weight is 284 g/mol. The molecule has 1 N–H and O–H groups in total. The first-order valence-corrected chi connectivity index (χ1v) is 6.97. The van der Waals surface area contributed by atoms with Crippen molar-refractivity contribution in [3.05, 3.63) is 53.2 Å². The summed E-state index contributed by atoms with van der Waals surface area (Å²) >= 11 is 1.59. The van der Waals surface area contributed by atoms with Crippen molar-refractivity contribution in [2.24, 2.45) is 0 Å². The summed E-state index contributed by atoms with van der Waals surface area (Å²) in [7, 11) is 0. The standard InChI is InChI=1S/C15H12N2O2S/c1-10-4-6-13-16-15(12-3-2-8-20-12)11(17(13)9-10)5-7-14(18)19/h2-9H,1H3,(H,18,19)/b7-5+. The highest BCUT2D eigenvalue weighted by Gasteiger charge is 2.13. The molecule has 4 nitrogen and oxygen atoms in total. The maximum absolute atomic E-state index is 10.8. The summed E-state index contributed by atoms with van der Waals surface area (Å²) in [6, 6.07) is 7.87. The predicted octanol–water partition coefficient (Wildman–Crippen LogP) is 3.47. The van der Waals surface area contributed by atoms with Crippen molar-refractivity contribution in [1.82, 2.24) is 9.38 Å². The topological polar surface area (TPSA) is 54.6 Å². The van der Waals surface area contributed by atoms with Crippen LogP contribution in [0.3, 0.4) is 0 Å². The largest absolute Gasteiger partial charge is 0.478 e. The van der Waals surface area contributed by atoms with Crippen LogP contribution in [-0.4, -0.2) is 20.5 Å². The predicted molar refractivity (Wildman–Crippen MR) is 79.9 cm³/mol. The summed E-state index contributed by atoms with van der Waals surface area (Å²) < 4.78 is 1.92. The molecule has 0 unspecified atom stereocenters. The number of aliphatic carboxylic acids is 1. The molecule has 0 aliphatic carbocycles. The number of carboxylic acid groups (broad SMARTS) is 1. The summed E-state index contributed by atoms with van der Waals surface area (Å²) in [5.41, 5.74) is 3.50. The van der Waals surface area contributed by atoms with E-state index in [1.165, 1.54) is 0 Å². The molecule has 100 valence electrons. The van der Waals surface area contributed by atoms with Crippen LogP contribution in [0.4, 0.5) is 0 Å². The summed E-state index contributed by atoms with van der Waals surface area (Å²) in [5, 5.41) is 10.8. The second-order valence-electron chi connectivity index (χ2n) is 4.43. The van der Waals surface area contributed by atoms with Crippen molar-refractivity contribution >= 4 is 29.0 Å². The molecule has 5 heteroatoms. The van der Waals surface area contributed by atoms with Crippen molar-refractivity contribution in [2.75, 3.05) is 0 Å². The summed E-state index contributed by atoms with van der Waals surface area (Å²) in [6.07, 6.45) is 4.70. The Morgan fingerprint density at radius 3 is 2.95 bits per heavy atom. The highest BCUT2D eigenvalue weighted by atomic mass is 32.1. The molecule has 0 saturated heterocycles.